The van der Waals surface area contributed by atoms with E-state index < -0.39 is 0 Å². The molecule has 13 heavy (non-hydrogen) atoms. The predicted octanol–water partition coefficient (Wildman–Crippen LogP) is 3.92. The Kier molecular flexibility index (Phi) is 1.96. The van der Waals surface area contributed by atoms with E-state index in [1.54, 1.807) is 6.42 Å². The molecule has 0 amide bonds. The van der Waals surface area contributed by atoms with E-state index in [-0.39, 0.29) is 0 Å². The molecule has 3 rings (SSSR count). The standard InChI is InChI=1S/C13H20/c1-2-6-12-10(4-1)8-9-11-5-3-7-13(11)12/h8,11-13H,1-7,9H2. The van der Waals surface area contributed by atoms with Crippen molar-refractivity contribution in [3.8, 4) is 0 Å². The first-order valence-corrected chi connectivity index (χ1v) is 6.14. The fraction of sp³-hybridized carbons (Fsp3) is 0.846. The zero-order valence-electron chi connectivity index (χ0n) is 8.47. The quantitative estimate of drug-likeness (QED) is 0.491. The molecular weight excluding hydrogens is 156 g/mol. The summed E-state index contributed by atoms with van der Waals surface area (Å²) in [5.74, 6) is 3.24. The van der Waals surface area contributed by atoms with Gasteiger partial charge < -0.3 is 0 Å². The Labute approximate surface area is 81.4 Å². The molecule has 2 saturated carbocycles. The summed E-state index contributed by atoms with van der Waals surface area (Å²) < 4.78 is 0. The van der Waals surface area contributed by atoms with Crippen LogP contribution < -0.4 is 0 Å². The van der Waals surface area contributed by atoms with Gasteiger partial charge in [-0.1, -0.05) is 24.5 Å². The normalized spacial score (nSPS) is 43.7. The van der Waals surface area contributed by atoms with Gasteiger partial charge in [-0.05, 0) is 56.3 Å². The largest absolute Gasteiger partial charge is 0.0848 e. The molecule has 0 aromatic carbocycles. The lowest BCUT2D eigenvalue weighted by Gasteiger charge is -2.37. The summed E-state index contributed by atoms with van der Waals surface area (Å²) in [5, 5.41) is 0. The van der Waals surface area contributed by atoms with Gasteiger partial charge in [0.15, 0.2) is 0 Å². The zero-order chi connectivity index (χ0) is 8.67. The minimum Gasteiger partial charge on any atom is -0.0848 e. The van der Waals surface area contributed by atoms with E-state index in [1.807, 2.05) is 5.57 Å². The van der Waals surface area contributed by atoms with Crippen molar-refractivity contribution in [2.24, 2.45) is 17.8 Å². The number of rotatable bonds is 0. The third kappa shape index (κ3) is 1.26. The first-order valence-electron chi connectivity index (χ1n) is 6.14. The van der Waals surface area contributed by atoms with Gasteiger partial charge >= 0.3 is 0 Å². The summed E-state index contributed by atoms with van der Waals surface area (Å²) in [6.07, 6.45) is 14.6. The highest BCUT2D eigenvalue weighted by Gasteiger charge is 2.38. The highest BCUT2D eigenvalue weighted by atomic mass is 14.4. The molecule has 0 aromatic rings. The van der Waals surface area contributed by atoms with Gasteiger partial charge in [0, 0.05) is 0 Å². The Morgan fingerprint density at radius 2 is 2.00 bits per heavy atom. The molecule has 0 N–H and O–H groups in total. The van der Waals surface area contributed by atoms with Crippen LogP contribution in [-0.2, 0) is 0 Å². The van der Waals surface area contributed by atoms with Crippen molar-refractivity contribution < 1.29 is 0 Å². The van der Waals surface area contributed by atoms with Crippen molar-refractivity contribution in [3.05, 3.63) is 11.6 Å². The van der Waals surface area contributed by atoms with E-state index in [4.69, 9.17) is 0 Å². The van der Waals surface area contributed by atoms with Crippen LogP contribution in [0.1, 0.15) is 51.4 Å². The van der Waals surface area contributed by atoms with Gasteiger partial charge in [0.25, 0.3) is 0 Å². The van der Waals surface area contributed by atoms with Crippen molar-refractivity contribution in [1.29, 1.82) is 0 Å². The molecule has 0 radical (unpaired) electrons. The average molecular weight is 176 g/mol. The second kappa shape index (κ2) is 3.15. The van der Waals surface area contributed by atoms with Crippen LogP contribution in [0.25, 0.3) is 0 Å². The first-order chi connectivity index (χ1) is 6.45. The van der Waals surface area contributed by atoms with E-state index in [0.29, 0.717) is 0 Å². The fourth-order valence-electron chi connectivity index (χ4n) is 4.00. The SMILES string of the molecule is C1=C2CCCCC2C2CCCC2C1. The van der Waals surface area contributed by atoms with E-state index >= 15 is 0 Å². The Morgan fingerprint density at radius 3 is 3.00 bits per heavy atom. The monoisotopic (exact) mass is 176 g/mol. The lowest BCUT2D eigenvalue weighted by atomic mass is 9.68. The van der Waals surface area contributed by atoms with Crippen LogP contribution in [0, 0.1) is 17.8 Å². The van der Waals surface area contributed by atoms with Crippen LogP contribution >= 0.6 is 0 Å². The molecule has 2 fully saturated rings. The van der Waals surface area contributed by atoms with Crippen LogP contribution in [-0.4, -0.2) is 0 Å². The summed E-state index contributed by atoms with van der Waals surface area (Å²) in [6, 6.07) is 0. The Balaban J connectivity index is 1.86. The minimum absolute atomic E-state index is 1.04. The van der Waals surface area contributed by atoms with Crippen LogP contribution in [0.15, 0.2) is 11.6 Å². The number of hydrogen-bond acceptors (Lipinski definition) is 0. The lowest BCUT2D eigenvalue weighted by molar-refractivity contribution is 0.236. The average Bonchev–Trinajstić information content (AvgIpc) is 2.65. The topological polar surface area (TPSA) is 0 Å². The third-order valence-electron chi connectivity index (χ3n) is 4.62. The van der Waals surface area contributed by atoms with E-state index in [9.17, 15) is 0 Å². The molecule has 0 heterocycles. The Hall–Kier alpha value is -0.260. The Morgan fingerprint density at radius 1 is 1.00 bits per heavy atom. The second-order valence-electron chi connectivity index (χ2n) is 5.22. The maximum absolute atomic E-state index is 2.61. The van der Waals surface area contributed by atoms with Crippen molar-refractivity contribution >= 4 is 0 Å². The summed E-state index contributed by atoms with van der Waals surface area (Å²) in [7, 11) is 0. The summed E-state index contributed by atoms with van der Waals surface area (Å²) in [4.78, 5) is 0. The van der Waals surface area contributed by atoms with Crippen molar-refractivity contribution in [1.82, 2.24) is 0 Å². The van der Waals surface area contributed by atoms with E-state index in [2.05, 4.69) is 6.08 Å². The van der Waals surface area contributed by atoms with Gasteiger partial charge in [-0.25, -0.2) is 0 Å². The number of allylic oxidation sites excluding steroid dienone is 2. The smallest absolute Gasteiger partial charge is 0.0172 e. The number of hydrogen-bond donors (Lipinski definition) is 0. The van der Waals surface area contributed by atoms with Gasteiger partial charge in [-0.15, -0.1) is 0 Å². The molecule has 0 aromatic heterocycles. The molecular formula is C13H20. The van der Waals surface area contributed by atoms with E-state index in [0.717, 1.165) is 17.8 Å². The molecule has 3 aliphatic rings. The lowest BCUT2D eigenvalue weighted by Crippen LogP contribution is -2.26. The van der Waals surface area contributed by atoms with Crippen LogP contribution in [0.2, 0.25) is 0 Å². The predicted molar refractivity (Wildman–Crippen MR) is 55.5 cm³/mol. The molecule has 3 atom stereocenters. The molecule has 0 aliphatic heterocycles. The van der Waals surface area contributed by atoms with Crippen LogP contribution in [0.4, 0.5) is 0 Å². The molecule has 3 aliphatic carbocycles. The van der Waals surface area contributed by atoms with Gasteiger partial charge in [-0.2, -0.15) is 0 Å². The molecule has 0 saturated heterocycles. The van der Waals surface area contributed by atoms with Gasteiger partial charge in [0.2, 0.25) is 0 Å². The highest BCUT2D eigenvalue weighted by molar-refractivity contribution is 5.16. The molecule has 72 valence electrons. The number of fused-ring (bicyclic) bond motifs is 3. The summed E-state index contributed by atoms with van der Waals surface area (Å²) in [5.41, 5.74) is 1.86. The zero-order valence-corrected chi connectivity index (χ0v) is 8.47. The van der Waals surface area contributed by atoms with Gasteiger partial charge in [-0.3, -0.25) is 0 Å². The maximum atomic E-state index is 2.61. The second-order valence-corrected chi connectivity index (χ2v) is 5.22. The maximum Gasteiger partial charge on any atom is -0.0172 e. The Bertz CT molecular complexity index is 226. The minimum atomic E-state index is 1.04. The van der Waals surface area contributed by atoms with Crippen LogP contribution in [0.3, 0.4) is 0 Å². The van der Waals surface area contributed by atoms with Crippen molar-refractivity contribution in [2.75, 3.05) is 0 Å². The highest BCUT2D eigenvalue weighted by Crippen LogP contribution is 2.49. The summed E-state index contributed by atoms with van der Waals surface area (Å²) >= 11 is 0. The fourth-order valence-corrected chi connectivity index (χ4v) is 4.00. The molecule has 3 unspecified atom stereocenters. The molecule has 0 heteroatoms. The molecule has 0 nitrogen and oxygen atoms in total. The first kappa shape index (κ1) is 8.08. The van der Waals surface area contributed by atoms with Gasteiger partial charge in [0.1, 0.15) is 0 Å². The van der Waals surface area contributed by atoms with Crippen LogP contribution in [0.5, 0.6) is 0 Å². The third-order valence-corrected chi connectivity index (χ3v) is 4.62. The van der Waals surface area contributed by atoms with Crippen molar-refractivity contribution in [2.45, 2.75) is 51.4 Å². The van der Waals surface area contributed by atoms with Crippen molar-refractivity contribution in [3.63, 3.8) is 0 Å². The van der Waals surface area contributed by atoms with E-state index in [1.165, 1.54) is 44.9 Å². The summed E-state index contributed by atoms with van der Waals surface area (Å²) in [6.45, 7) is 0. The molecule has 0 bridgehead atoms. The van der Waals surface area contributed by atoms with Gasteiger partial charge in [0.05, 0.1) is 0 Å². The molecule has 0 spiro atoms.